The number of aromatic nitrogens is 3. The lowest BCUT2D eigenvalue weighted by atomic mass is 9.94. The van der Waals surface area contributed by atoms with Gasteiger partial charge in [0.1, 0.15) is 11.3 Å². The maximum absolute atomic E-state index is 13.8. The number of nitrogens with two attached hydrogens (primary N) is 1. The number of fused-ring (bicyclic) bond motifs is 4. The van der Waals surface area contributed by atoms with Crippen LogP contribution in [0, 0.1) is 5.92 Å². The Labute approximate surface area is 198 Å². The van der Waals surface area contributed by atoms with Gasteiger partial charge in [0, 0.05) is 12.1 Å². The monoisotopic (exact) mass is 481 g/mol. The van der Waals surface area contributed by atoms with Gasteiger partial charge in [-0.25, -0.2) is 9.97 Å². The highest BCUT2D eigenvalue weighted by molar-refractivity contribution is 5.98. The SMILES string of the molecule is Nc1nc2ccc(C(=O)N(CC3CC3)C3COCc4cc(C(F)(F)F)ccc43)cc2n2cncc12. The first-order valence-corrected chi connectivity index (χ1v) is 11.4. The van der Waals surface area contributed by atoms with Gasteiger partial charge < -0.3 is 15.4 Å². The third-order valence-corrected chi connectivity index (χ3v) is 6.78. The average Bonchev–Trinajstić information content (AvgIpc) is 3.52. The number of imidazole rings is 1. The zero-order valence-corrected chi connectivity index (χ0v) is 18.6. The van der Waals surface area contributed by atoms with Crippen molar-refractivity contribution in [2.45, 2.75) is 31.7 Å². The molecule has 0 radical (unpaired) electrons. The normalized spacial score (nSPS) is 18.1. The van der Waals surface area contributed by atoms with E-state index in [0.717, 1.165) is 25.0 Å². The first-order valence-electron chi connectivity index (χ1n) is 11.4. The second-order valence-corrected chi connectivity index (χ2v) is 9.19. The number of amides is 1. The van der Waals surface area contributed by atoms with Crippen molar-refractivity contribution in [3.63, 3.8) is 0 Å². The molecule has 1 saturated carbocycles. The van der Waals surface area contributed by atoms with E-state index in [1.165, 1.54) is 6.07 Å². The minimum Gasteiger partial charge on any atom is -0.382 e. The van der Waals surface area contributed by atoms with Crippen LogP contribution in [0.25, 0.3) is 16.6 Å². The summed E-state index contributed by atoms with van der Waals surface area (Å²) in [6.07, 6.45) is 0.838. The van der Waals surface area contributed by atoms with Gasteiger partial charge in [0.2, 0.25) is 0 Å². The summed E-state index contributed by atoms with van der Waals surface area (Å²) < 4.78 is 47.2. The van der Waals surface area contributed by atoms with Crippen LogP contribution in [0.5, 0.6) is 0 Å². The third kappa shape index (κ3) is 3.87. The molecule has 1 amide bonds. The van der Waals surface area contributed by atoms with Gasteiger partial charge in [-0.2, -0.15) is 13.2 Å². The number of halogens is 3. The van der Waals surface area contributed by atoms with Crippen LogP contribution in [0.4, 0.5) is 19.0 Å². The summed E-state index contributed by atoms with van der Waals surface area (Å²) >= 11 is 0. The quantitative estimate of drug-likeness (QED) is 0.460. The summed E-state index contributed by atoms with van der Waals surface area (Å²) in [5.41, 5.74) is 8.89. The maximum atomic E-state index is 13.8. The van der Waals surface area contributed by atoms with Crippen molar-refractivity contribution in [1.29, 1.82) is 0 Å². The van der Waals surface area contributed by atoms with Crippen LogP contribution in [0.2, 0.25) is 0 Å². The molecule has 4 aromatic rings. The molecule has 0 spiro atoms. The highest BCUT2D eigenvalue weighted by Gasteiger charge is 2.37. The first-order chi connectivity index (χ1) is 16.8. The molecular formula is C25H22F3N5O2. The van der Waals surface area contributed by atoms with Crippen LogP contribution < -0.4 is 5.73 Å². The van der Waals surface area contributed by atoms with E-state index in [9.17, 15) is 18.0 Å². The summed E-state index contributed by atoms with van der Waals surface area (Å²) in [6, 6.07) is 8.44. The van der Waals surface area contributed by atoms with Gasteiger partial charge in [-0.05, 0) is 60.2 Å². The number of carbonyl (C=O) groups is 1. The van der Waals surface area contributed by atoms with Crippen LogP contribution in [0.15, 0.2) is 48.9 Å². The van der Waals surface area contributed by atoms with Gasteiger partial charge in [0.25, 0.3) is 5.91 Å². The minimum atomic E-state index is -4.44. The Morgan fingerprint density at radius 2 is 2.00 bits per heavy atom. The number of nitrogen functional groups attached to an aromatic ring is 1. The van der Waals surface area contributed by atoms with E-state index in [1.807, 2.05) is 0 Å². The smallest absolute Gasteiger partial charge is 0.382 e. The van der Waals surface area contributed by atoms with Crippen molar-refractivity contribution < 1.29 is 22.7 Å². The van der Waals surface area contributed by atoms with Crippen LogP contribution in [-0.4, -0.2) is 38.3 Å². The largest absolute Gasteiger partial charge is 0.416 e. The number of ether oxygens (including phenoxy) is 1. The predicted molar refractivity (Wildman–Crippen MR) is 123 cm³/mol. The fourth-order valence-corrected chi connectivity index (χ4v) is 4.76. The molecule has 1 unspecified atom stereocenters. The number of benzene rings is 2. The molecule has 2 aromatic carbocycles. The number of rotatable bonds is 4. The van der Waals surface area contributed by atoms with E-state index in [1.54, 1.807) is 40.0 Å². The van der Waals surface area contributed by atoms with Crippen LogP contribution >= 0.6 is 0 Å². The van der Waals surface area contributed by atoms with Crippen LogP contribution in [0.3, 0.4) is 0 Å². The molecule has 1 atom stereocenters. The molecule has 1 fully saturated rings. The molecule has 35 heavy (non-hydrogen) atoms. The number of hydrogen-bond acceptors (Lipinski definition) is 5. The highest BCUT2D eigenvalue weighted by Crippen LogP contribution is 2.39. The lowest BCUT2D eigenvalue weighted by Crippen LogP contribution is -2.40. The predicted octanol–water partition coefficient (Wildman–Crippen LogP) is 4.61. The van der Waals surface area contributed by atoms with Gasteiger partial charge in [0.15, 0.2) is 0 Å². The number of hydrogen-bond donors (Lipinski definition) is 1. The van der Waals surface area contributed by atoms with Crippen molar-refractivity contribution in [3.05, 3.63) is 71.2 Å². The minimum absolute atomic E-state index is 0.0862. The van der Waals surface area contributed by atoms with Gasteiger partial charge in [-0.15, -0.1) is 0 Å². The van der Waals surface area contributed by atoms with Gasteiger partial charge in [0.05, 0.1) is 48.4 Å². The van der Waals surface area contributed by atoms with Crippen LogP contribution in [0.1, 0.15) is 45.9 Å². The Hall–Kier alpha value is -3.66. The lowest BCUT2D eigenvalue weighted by Gasteiger charge is -2.36. The standard InChI is InChI=1S/C25H22F3N5O2/c26-25(27,28)17-4-5-18-16(7-17)11-35-12-22(18)32(10-14-1-2-14)24(34)15-3-6-19-20(8-15)33-13-30-9-21(33)23(29)31-19/h3-9,13-14,22H,1-2,10-12H2,(H2,29,31). The molecule has 1 aliphatic heterocycles. The molecule has 2 N–H and O–H groups in total. The van der Waals surface area contributed by atoms with Crippen molar-refractivity contribution in [3.8, 4) is 0 Å². The third-order valence-electron chi connectivity index (χ3n) is 6.78. The Morgan fingerprint density at radius 1 is 1.17 bits per heavy atom. The Morgan fingerprint density at radius 3 is 2.77 bits per heavy atom. The summed E-state index contributed by atoms with van der Waals surface area (Å²) in [4.78, 5) is 24.1. The number of anilines is 1. The van der Waals surface area contributed by atoms with E-state index in [2.05, 4.69) is 9.97 Å². The Balaban J connectivity index is 1.40. The zero-order chi connectivity index (χ0) is 24.3. The van der Waals surface area contributed by atoms with Crippen molar-refractivity contribution in [2.24, 2.45) is 5.92 Å². The molecule has 1 aliphatic carbocycles. The summed E-state index contributed by atoms with van der Waals surface area (Å²) in [5, 5.41) is 0. The average molecular weight is 481 g/mol. The number of nitrogens with zero attached hydrogens (tertiary/aromatic N) is 4. The van der Waals surface area contributed by atoms with E-state index in [-0.39, 0.29) is 19.1 Å². The Kier molecular flexibility index (Phi) is 4.96. The molecule has 180 valence electrons. The van der Waals surface area contributed by atoms with Crippen molar-refractivity contribution in [1.82, 2.24) is 19.3 Å². The lowest BCUT2D eigenvalue weighted by molar-refractivity contribution is -0.137. The molecule has 0 bridgehead atoms. The summed E-state index contributed by atoms with van der Waals surface area (Å²) in [5.74, 6) is 0.518. The van der Waals surface area contributed by atoms with E-state index >= 15 is 0 Å². The molecule has 2 aliphatic rings. The fourth-order valence-electron chi connectivity index (χ4n) is 4.76. The summed E-state index contributed by atoms with van der Waals surface area (Å²) in [6.45, 7) is 0.836. The van der Waals surface area contributed by atoms with E-state index in [0.29, 0.717) is 51.5 Å². The fraction of sp³-hybridized carbons (Fsp3) is 0.320. The second-order valence-electron chi connectivity index (χ2n) is 9.19. The number of carbonyl (C=O) groups excluding carboxylic acids is 1. The zero-order valence-electron chi connectivity index (χ0n) is 18.6. The van der Waals surface area contributed by atoms with Gasteiger partial charge in [-0.1, -0.05) is 6.07 Å². The molecule has 3 heterocycles. The van der Waals surface area contributed by atoms with Crippen molar-refractivity contribution >= 4 is 28.3 Å². The van der Waals surface area contributed by atoms with E-state index < -0.39 is 17.8 Å². The molecular weight excluding hydrogens is 459 g/mol. The molecule has 7 nitrogen and oxygen atoms in total. The molecule has 2 aromatic heterocycles. The van der Waals surface area contributed by atoms with E-state index in [4.69, 9.17) is 10.5 Å². The maximum Gasteiger partial charge on any atom is 0.416 e. The number of alkyl halides is 3. The first kappa shape index (κ1) is 21.8. The van der Waals surface area contributed by atoms with Crippen LogP contribution in [-0.2, 0) is 17.5 Å². The molecule has 6 rings (SSSR count). The van der Waals surface area contributed by atoms with Gasteiger partial charge in [-0.3, -0.25) is 9.20 Å². The molecule has 0 saturated heterocycles. The summed E-state index contributed by atoms with van der Waals surface area (Å²) in [7, 11) is 0. The van der Waals surface area contributed by atoms with Crippen molar-refractivity contribution in [2.75, 3.05) is 18.9 Å². The highest BCUT2D eigenvalue weighted by atomic mass is 19.4. The van der Waals surface area contributed by atoms with Gasteiger partial charge >= 0.3 is 6.18 Å². The Bertz CT molecular complexity index is 1460. The topological polar surface area (TPSA) is 85.8 Å². The molecule has 10 heteroatoms. The second kappa shape index (κ2) is 7.94.